The maximum atomic E-state index is 6.73. The van der Waals surface area contributed by atoms with Crippen LogP contribution in [0.5, 0.6) is 11.5 Å². The standard InChI is InChI=1S/C35H21N3OS/c1-4-16-28-22(10-1)35(23-11-8-20-36-33(23)34-24(35)12-9-21-37-34)32-27(15-7-17-29(32)39-28)38-25-13-2-5-18-30(25)40-31-19-6-3-14-26(31)38/h1-21H. The number of hydrogen-bond acceptors (Lipinski definition) is 5. The molecule has 9 rings (SSSR count). The van der Waals surface area contributed by atoms with E-state index in [4.69, 9.17) is 14.7 Å². The second-order valence-electron chi connectivity index (χ2n) is 10.2. The van der Waals surface area contributed by atoms with Gasteiger partial charge in [0, 0.05) is 33.3 Å². The van der Waals surface area contributed by atoms with E-state index >= 15 is 0 Å². The molecule has 4 aromatic carbocycles. The lowest BCUT2D eigenvalue weighted by Crippen LogP contribution is -2.34. The summed E-state index contributed by atoms with van der Waals surface area (Å²) >= 11 is 1.81. The maximum absolute atomic E-state index is 6.73. The van der Waals surface area contributed by atoms with Crippen LogP contribution in [0.3, 0.4) is 0 Å². The minimum absolute atomic E-state index is 0.650. The summed E-state index contributed by atoms with van der Waals surface area (Å²) in [5.41, 5.74) is 9.05. The molecule has 0 atom stereocenters. The van der Waals surface area contributed by atoms with Crippen molar-refractivity contribution in [1.29, 1.82) is 0 Å². The topological polar surface area (TPSA) is 38.2 Å². The van der Waals surface area contributed by atoms with Crippen LogP contribution in [0.2, 0.25) is 0 Å². The van der Waals surface area contributed by atoms with Crippen molar-refractivity contribution >= 4 is 28.8 Å². The third-order valence-corrected chi connectivity index (χ3v) is 9.34. The summed E-state index contributed by atoms with van der Waals surface area (Å²) in [6.45, 7) is 0. The van der Waals surface area contributed by atoms with Gasteiger partial charge in [-0.2, -0.15) is 0 Å². The normalized spacial score (nSPS) is 14.8. The molecule has 2 aromatic heterocycles. The molecule has 6 aromatic rings. The van der Waals surface area contributed by atoms with Crippen molar-refractivity contribution in [3.8, 4) is 22.9 Å². The Morgan fingerprint density at radius 2 is 1.07 bits per heavy atom. The molecule has 4 heterocycles. The zero-order valence-electron chi connectivity index (χ0n) is 21.3. The Kier molecular flexibility index (Phi) is 4.44. The summed E-state index contributed by atoms with van der Waals surface area (Å²) in [6.07, 6.45) is 3.73. The lowest BCUT2D eigenvalue weighted by Gasteiger charge is -2.43. The minimum Gasteiger partial charge on any atom is -0.457 e. The number of benzene rings is 4. The summed E-state index contributed by atoms with van der Waals surface area (Å²) in [5.74, 6) is 1.70. The number of ether oxygens (including phenoxy) is 1. The Balaban J connectivity index is 1.45. The summed E-state index contributed by atoms with van der Waals surface area (Å²) in [7, 11) is 0. The van der Waals surface area contributed by atoms with Crippen LogP contribution in [0.25, 0.3) is 11.4 Å². The molecule has 5 heteroatoms. The lowest BCUT2D eigenvalue weighted by molar-refractivity contribution is 0.436. The van der Waals surface area contributed by atoms with E-state index < -0.39 is 5.41 Å². The Labute approximate surface area is 236 Å². The van der Waals surface area contributed by atoms with E-state index in [1.54, 1.807) is 0 Å². The van der Waals surface area contributed by atoms with Crippen molar-refractivity contribution in [1.82, 2.24) is 9.97 Å². The van der Waals surface area contributed by atoms with Crippen molar-refractivity contribution in [3.05, 3.63) is 150 Å². The SMILES string of the molecule is c1ccc2c(c1)Oc1cccc(N3c4ccccc4Sc4ccccc43)c1C21c2cccnc2-c2ncccc21. The molecular weight excluding hydrogens is 510 g/mol. The molecule has 0 radical (unpaired) electrons. The van der Waals surface area contributed by atoms with Gasteiger partial charge >= 0.3 is 0 Å². The summed E-state index contributed by atoms with van der Waals surface area (Å²) < 4.78 is 6.73. The highest BCUT2D eigenvalue weighted by atomic mass is 32.2. The Morgan fingerprint density at radius 1 is 0.525 bits per heavy atom. The average Bonchev–Trinajstić information content (AvgIpc) is 3.30. The van der Waals surface area contributed by atoms with Gasteiger partial charge in [0.1, 0.15) is 11.5 Å². The van der Waals surface area contributed by atoms with Crippen molar-refractivity contribution in [2.45, 2.75) is 15.2 Å². The molecule has 0 unspecified atom stereocenters. The average molecular weight is 532 g/mol. The van der Waals surface area contributed by atoms with E-state index in [1.165, 1.54) is 9.79 Å². The van der Waals surface area contributed by atoms with Crippen LogP contribution in [0.1, 0.15) is 22.3 Å². The summed E-state index contributed by atoms with van der Waals surface area (Å²) in [5, 5.41) is 0. The maximum Gasteiger partial charge on any atom is 0.134 e. The van der Waals surface area contributed by atoms with Gasteiger partial charge in [0.15, 0.2) is 0 Å². The number of aromatic nitrogens is 2. The van der Waals surface area contributed by atoms with Gasteiger partial charge in [0.2, 0.25) is 0 Å². The molecule has 1 aliphatic carbocycles. The van der Waals surface area contributed by atoms with Gasteiger partial charge in [-0.3, -0.25) is 9.97 Å². The fourth-order valence-electron chi connectivity index (χ4n) is 6.75. The molecule has 0 bridgehead atoms. The van der Waals surface area contributed by atoms with Gasteiger partial charge in [-0.05, 0) is 65.7 Å². The molecule has 0 N–H and O–H groups in total. The minimum atomic E-state index is -0.650. The summed E-state index contributed by atoms with van der Waals surface area (Å²) in [4.78, 5) is 14.6. The first-order valence-electron chi connectivity index (χ1n) is 13.3. The van der Waals surface area contributed by atoms with Gasteiger partial charge in [0.05, 0.1) is 33.9 Å². The fraction of sp³-hybridized carbons (Fsp3) is 0.0286. The first-order valence-corrected chi connectivity index (χ1v) is 14.2. The molecule has 2 aliphatic heterocycles. The van der Waals surface area contributed by atoms with E-state index in [9.17, 15) is 0 Å². The fourth-order valence-corrected chi connectivity index (χ4v) is 7.81. The number of hydrogen-bond donors (Lipinski definition) is 0. The van der Waals surface area contributed by atoms with Gasteiger partial charge in [0.25, 0.3) is 0 Å². The Bertz CT molecular complexity index is 1910. The number of pyridine rings is 2. The Morgan fingerprint density at radius 3 is 1.77 bits per heavy atom. The predicted octanol–water partition coefficient (Wildman–Crippen LogP) is 8.88. The van der Waals surface area contributed by atoms with Crippen LogP contribution in [0.15, 0.2) is 137 Å². The molecule has 40 heavy (non-hydrogen) atoms. The van der Waals surface area contributed by atoms with Crippen molar-refractivity contribution in [2.24, 2.45) is 0 Å². The first-order chi connectivity index (χ1) is 19.9. The molecule has 0 saturated carbocycles. The molecule has 1 spiro atoms. The van der Waals surface area contributed by atoms with Crippen LogP contribution in [0, 0.1) is 0 Å². The number of nitrogens with zero attached hydrogens (tertiary/aromatic N) is 3. The molecule has 3 aliphatic rings. The van der Waals surface area contributed by atoms with Crippen LogP contribution in [0.4, 0.5) is 17.1 Å². The molecular formula is C35H21N3OS. The van der Waals surface area contributed by atoms with E-state index in [2.05, 4.69) is 102 Å². The van der Waals surface area contributed by atoms with Crippen LogP contribution < -0.4 is 9.64 Å². The van der Waals surface area contributed by atoms with Gasteiger partial charge < -0.3 is 9.64 Å². The monoisotopic (exact) mass is 531 g/mol. The summed E-state index contributed by atoms with van der Waals surface area (Å²) in [6, 6.07) is 40.6. The van der Waals surface area contributed by atoms with Crippen LogP contribution in [-0.2, 0) is 5.41 Å². The van der Waals surface area contributed by atoms with Crippen molar-refractivity contribution in [3.63, 3.8) is 0 Å². The highest BCUT2D eigenvalue weighted by Crippen LogP contribution is 2.64. The number of para-hydroxylation sites is 3. The Hall–Kier alpha value is -4.87. The van der Waals surface area contributed by atoms with E-state index in [1.807, 2.05) is 42.4 Å². The molecule has 0 amide bonds. The second-order valence-corrected chi connectivity index (χ2v) is 11.3. The van der Waals surface area contributed by atoms with E-state index in [0.717, 1.165) is 62.2 Å². The lowest BCUT2D eigenvalue weighted by atomic mass is 9.65. The third kappa shape index (κ3) is 2.72. The molecule has 4 nitrogen and oxygen atoms in total. The van der Waals surface area contributed by atoms with Crippen LogP contribution >= 0.6 is 11.8 Å². The number of anilines is 3. The molecule has 0 saturated heterocycles. The number of fused-ring (bicyclic) bond motifs is 11. The second kappa shape index (κ2) is 8.07. The van der Waals surface area contributed by atoms with Gasteiger partial charge in [-0.25, -0.2) is 0 Å². The van der Waals surface area contributed by atoms with Crippen molar-refractivity contribution < 1.29 is 4.74 Å². The quantitative estimate of drug-likeness (QED) is 0.211. The largest absolute Gasteiger partial charge is 0.457 e. The van der Waals surface area contributed by atoms with Gasteiger partial charge in [-0.15, -0.1) is 0 Å². The van der Waals surface area contributed by atoms with Crippen molar-refractivity contribution in [2.75, 3.05) is 4.90 Å². The highest BCUT2D eigenvalue weighted by Gasteiger charge is 2.54. The van der Waals surface area contributed by atoms with Crippen LogP contribution in [-0.4, -0.2) is 9.97 Å². The predicted molar refractivity (Wildman–Crippen MR) is 158 cm³/mol. The number of rotatable bonds is 1. The molecule has 188 valence electrons. The zero-order valence-corrected chi connectivity index (χ0v) is 22.1. The highest BCUT2D eigenvalue weighted by molar-refractivity contribution is 7.99. The smallest absolute Gasteiger partial charge is 0.134 e. The van der Waals surface area contributed by atoms with Gasteiger partial charge in [-0.1, -0.05) is 72.4 Å². The zero-order chi connectivity index (χ0) is 26.3. The molecule has 0 fully saturated rings. The third-order valence-electron chi connectivity index (χ3n) is 8.21. The first kappa shape index (κ1) is 22.0. The van der Waals surface area contributed by atoms with E-state index in [0.29, 0.717) is 0 Å². The van der Waals surface area contributed by atoms with E-state index in [-0.39, 0.29) is 0 Å².